The largest absolute Gasteiger partial charge is 0.383 e. The van der Waals surface area contributed by atoms with Gasteiger partial charge in [-0.25, -0.2) is 0 Å². The molecule has 0 aliphatic heterocycles. The Morgan fingerprint density at radius 1 is 1.67 bits per heavy atom. The molecule has 0 radical (unpaired) electrons. The number of hydrogen-bond donors (Lipinski definition) is 1. The molecule has 0 spiro atoms. The average molecular weight is 293 g/mol. The van der Waals surface area contributed by atoms with E-state index in [0.29, 0.717) is 13.2 Å². The highest BCUT2D eigenvalue weighted by Crippen LogP contribution is 2.21. The quantitative estimate of drug-likeness (QED) is 0.871. The van der Waals surface area contributed by atoms with Crippen LogP contribution in [0.5, 0.6) is 0 Å². The van der Waals surface area contributed by atoms with E-state index >= 15 is 0 Å². The lowest BCUT2D eigenvalue weighted by molar-refractivity contribution is 0.107. The molecule has 3 nitrogen and oxygen atoms in total. The van der Waals surface area contributed by atoms with Gasteiger partial charge in [-0.1, -0.05) is 0 Å². The van der Waals surface area contributed by atoms with E-state index in [2.05, 4.69) is 39.3 Å². The first-order valence-corrected chi connectivity index (χ1v) is 6.46. The summed E-state index contributed by atoms with van der Waals surface area (Å²) in [6.07, 6.45) is 0. The fraction of sp³-hybridized carbons (Fsp3) is 0.600. The van der Waals surface area contributed by atoms with Crippen molar-refractivity contribution in [2.45, 2.75) is 12.6 Å². The fourth-order valence-electron chi connectivity index (χ4n) is 1.38. The van der Waals surface area contributed by atoms with Gasteiger partial charge in [0, 0.05) is 41.0 Å². The van der Waals surface area contributed by atoms with Crippen molar-refractivity contribution in [3.63, 3.8) is 0 Å². The number of hydrogen-bond acceptors (Lipinski definition) is 4. The number of ether oxygens (including phenoxy) is 1. The van der Waals surface area contributed by atoms with E-state index in [1.54, 1.807) is 18.4 Å². The third-order valence-corrected chi connectivity index (χ3v) is 3.96. The average Bonchev–Trinajstić information content (AvgIpc) is 2.60. The molecule has 1 unspecified atom stereocenters. The Morgan fingerprint density at radius 2 is 2.40 bits per heavy atom. The SMILES string of the molecule is COCC(CN)N(C)Cc1cc(Br)cs1. The van der Waals surface area contributed by atoms with Crippen molar-refractivity contribution in [3.05, 3.63) is 20.8 Å². The summed E-state index contributed by atoms with van der Waals surface area (Å²) in [4.78, 5) is 3.56. The van der Waals surface area contributed by atoms with Crippen LogP contribution in [0.2, 0.25) is 0 Å². The third-order valence-electron chi connectivity index (χ3n) is 2.28. The van der Waals surface area contributed by atoms with E-state index in [1.807, 2.05) is 0 Å². The zero-order valence-corrected chi connectivity index (χ0v) is 11.5. The standard InChI is InChI=1S/C10H17BrN2OS/c1-13(9(4-12)6-14-2)5-10-3-8(11)7-15-10/h3,7,9H,4-6,12H2,1-2H3. The van der Waals surface area contributed by atoms with Gasteiger partial charge < -0.3 is 10.5 Å². The number of likely N-dealkylation sites (N-methyl/N-ethyl adjacent to an activating group) is 1. The minimum Gasteiger partial charge on any atom is -0.383 e. The van der Waals surface area contributed by atoms with Gasteiger partial charge in [-0.15, -0.1) is 11.3 Å². The predicted molar refractivity (Wildman–Crippen MR) is 68.2 cm³/mol. The van der Waals surface area contributed by atoms with Crippen molar-refractivity contribution in [3.8, 4) is 0 Å². The molecule has 1 heterocycles. The second kappa shape index (κ2) is 6.60. The molecule has 5 heteroatoms. The molecule has 0 saturated heterocycles. The van der Waals surface area contributed by atoms with Crippen molar-refractivity contribution in [1.29, 1.82) is 0 Å². The maximum Gasteiger partial charge on any atom is 0.0630 e. The van der Waals surface area contributed by atoms with Crippen LogP contribution in [0.3, 0.4) is 0 Å². The molecule has 15 heavy (non-hydrogen) atoms. The molecular formula is C10H17BrN2OS. The molecule has 1 rings (SSSR count). The maximum absolute atomic E-state index is 5.69. The fourth-order valence-corrected chi connectivity index (χ4v) is 2.89. The molecule has 0 aromatic carbocycles. The number of nitrogens with two attached hydrogens (primary N) is 1. The Bertz CT molecular complexity index is 293. The molecule has 0 fully saturated rings. The topological polar surface area (TPSA) is 38.5 Å². The summed E-state index contributed by atoms with van der Waals surface area (Å²) in [5.74, 6) is 0. The van der Waals surface area contributed by atoms with Gasteiger partial charge in [-0.2, -0.15) is 0 Å². The Balaban J connectivity index is 2.49. The van der Waals surface area contributed by atoms with Gasteiger partial charge in [-0.05, 0) is 29.0 Å². The van der Waals surface area contributed by atoms with Gasteiger partial charge in [0.15, 0.2) is 0 Å². The predicted octanol–water partition coefficient (Wildman–Crippen LogP) is 1.92. The molecule has 86 valence electrons. The van der Waals surface area contributed by atoms with Gasteiger partial charge in [0.1, 0.15) is 0 Å². The van der Waals surface area contributed by atoms with Crippen LogP contribution >= 0.6 is 27.3 Å². The van der Waals surface area contributed by atoms with Crippen molar-refractivity contribution in [2.24, 2.45) is 5.73 Å². The smallest absolute Gasteiger partial charge is 0.0630 e. The summed E-state index contributed by atoms with van der Waals surface area (Å²) in [7, 11) is 3.78. The molecule has 1 atom stereocenters. The molecule has 0 aliphatic carbocycles. The van der Waals surface area contributed by atoms with Crippen LogP contribution in [-0.4, -0.2) is 38.3 Å². The first-order valence-electron chi connectivity index (χ1n) is 4.79. The minimum atomic E-state index is 0.288. The van der Waals surface area contributed by atoms with Crippen LogP contribution in [0.25, 0.3) is 0 Å². The maximum atomic E-state index is 5.69. The highest BCUT2D eigenvalue weighted by molar-refractivity contribution is 9.10. The second-order valence-corrected chi connectivity index (χ2v) is 5.40. The summed E-state index contributed by atoms with van der Waals surface area (Å²) >= 11 is 5.20. The minimum absolute atomic E-state index is 0.288. The number of nitrogens with zero attached hydrogens (tertiary/aromatic N) is 1. The zero-order chi connectivity index (χ0) is 11.3. The van der Waals surface area contributed by atoms with E-state index in [-0.39, 0.29) is 6.04 Å². The summed E-state index contributed by atoms with van der Waals surface area (Å²) < 4.78 is 6.28. The molecular weight excluding hydrogens is 276 g/mol. The molecule has 0 amide bonds. The Morgan fingerprint density at radius 3 is 2.87 bits per heavy atom. The van der Waals surface area contributed by atoms with E-state index in [0.717, 1.165) is 11.0 Å². The monoisotopic (exact) mass is 292 g/mol. The molecule has 1 aromatic heterocycles. The Labute approximate surface area is 103 Å². The van der Waals surface area contributed by atoms with Crippen LogP contribution in [0.4, 0.5) is 0 Å². The van der Waals surface area contributed by atoms with Gasteiger partial charge >= 0.3 is 0 Å². The highest BCUT2D eigenvalue weighted by atomic mass is 79.9. The molecule has 0 saturated carbocycles. The lowest BCUT2D eigenvalue weighted by Crippen LogP contribution is -2.40. The van der Waals surface area contributed by atoms with E-state index < -0.39 is 0 Å². The number of thiophene rings is 1. The van der Waals surface area contributed by atoms with Gasteiger partial charge in [0.25, 0.3) is 0 Å². The Kier molecular flexibility index (Phi) is 5.78. The first kappa shape index (κ1) is 13.1. The molecule has 1 aromatic rings. The molecule has 0 aliphatic rings. The summed E-state index contributed by atoms with van der Waals surface area (Å²) in [5.41, 5.74) is 5.69. The van der Waals surface area contributed by atoms with Crippen molar-refractivity contribution < 1.29 is 4.74 Å². The van der Waals surface area contributed by atoms with Crippen LogP contribution in [0.1, 0.15) is 4.88 Å². The summed E-state index contributed by atoms with van der Waals surface area (Å²) in [6.45, 7) is 2.22. The molecule has 2 N–H and O–H groups in total. The van der Waals surface area contributed by atoms with Crippen LogP contribution < -0.4 is 5.73 Å². The van der Waals surface area contributed by atoms with Gasteiger partial charge in [-0.3, -0.25) is 4.90 Å². The second-order valence-electron chi connectivity index (χ2n) is 3.49. The summed E-state index contributed by atoms with van der Waals surface area (Å²) in [6, 6.07) is 2.43. The highest BCUT2D eigenvalue weighted by Gasteiger charge is 2.13. The van der Waals surface area contributed by atoms with Crippen molar-refractivity contribution in [1.82, 2.24) is 4.90 Å². The molecule has 0 bridgehead atoms. The first-order chi connectivity index (χ1) is 7.17. The summed E-state index contributed by atoms with van der Waals surface area (Å²) in [5, 5.41) is 2.09. The number of rotatable bonds is 6. The van der Waals surface area contributed by atoms with Gasteiger partial charge in [0.05, 0.1) is 6.61 Å². The lowest BCUT2D eigenvalue weighted by Gasteiger charge is -2.25. The number of methoxy groups -OCH3 is 1. The third kappa shape index (κ3) is 4.20. The number of halogens is 1. The Hall–Kier alpha value is 0.0600. The van der Waals surface area contributed by atoms with E-state index in [1.165, 1.54) is 4.88 Å². The van der Waals surface area contributed by atoms with Gasteiger partial charge in [0.2, 0.25) is 0 Å². The van der Waals surface area contributed by atoms with Crippen LogP contribution in [-0.2, 0) is 11.3 Å². The van der Waals surface area contributed by atoms with Crippen molar-refractivity contribution >= 4 is 27.3 Å². The van der Waals surface area contributed by atoms with E-state index in [4.69, 9.17) is 10.5 Å². The zero-order valence-electron chi connectivity index (χ0n) is 9.07. The van der Waals surface area contributed by atoms with Crippen LogP contribution in [0.15, 0.2) is 15.9 Å². The van der Waals surface area contributed by atoms with Crippen LogP contribution in [0, 0.1) is 0 Å². The normalized spacial score (nSPS) is 13.4. The van der Waals surface area contributed by atoms with E-state index in [9.17, 15) is 0 Å². The lowest BCUT2D eigenvalue weighted by atomic mass is 10.2. The van der Waals surface area contributed by atoms with Crippen molar-refractivity contribution in [2.75, 3.05) is 27.3 Å².